The lowest BCUT2D eigenvalue weighted by Gasteiger charge is -2.22. The van der Waals surface area contributed by atoms with Crippen molar-refractivity contribution < 1.29 is 48.1 Å². The van der Waals surface area contributed by atoms with Crippen molar-refractivity contribution in [2.24, 2.45) is 0 Å². The zero-order valence-electron chi connectivity index (χ0n) is 11.2. The van der Waals surface area contributed by atoms with Crippen LogP contribution in [-0.2, 0) is 10.1 Å². The first-order valence-corrected chi connectivity index (χ1v) is 7.00. The summed E-state index contributed by atoms with van der Waals surface area (Å²) in [5.41, 5.74) is -3.96. The Bertz CT molecular complexity index is 398. The third-order valence-electron chi connectivity index (χ3n) is 1.99. The van der Waals surface area contributed by atoms with Gasteiger partial charge in [0.05, 0.1) is 0 Å². The smallest absolute Gasteiger partial charge is 0.300 e. The Kier molecular flexibility index (Phi) is 10.9. The molecule has 0 rings (SSSR count). The number of hydrogen-bond donors (Lipinski definition) is 2. The standard InChI is InChI=1S/C7H8F8O3S.C2H7N/c8-1(2(9)4(11)6(13)14)3(10)5(12)7(15)19(16,17)18;1-3-2/h1-7H,(H,16,17,18);3H,1-2H3. The van der Waals surface area contributed by atoms with Crippen molar-refractivity contribution in [1.29, 1.82) is 0 Å². The third-order valence-corrected chi connectivity index (χ3v) is 2.82. The Morgan fingerprint density at radius 1 is 0.727 bits per heavy atom. The van der Waals surface area contributed by atoms with Crippen molar-refractivity contribution in [2.45, 2.75) is 42.8 Å². The summed E-state index contributed by atoms with van der Waals surface area (Å²) in [7, 11) is -2.01. The molecule has 0 amide bonds. The van der Waals surface area contributed by atoms with Crippen LogP contribution in [-0.4, -0.2) is 69.9 Å². The molecule has 0 heterocycles. The molecule has 0 radical (unpaired) electrons. The number of rotatable bonds is 7. The highest BCUT2D eigenvalue weighted by Gasteiger charge is 2.48. The van der Waals surface area contributed by atoms with Crippen LogP contribution < -0.4 is 5.32 Å². The van der Waals surface area contributed by atoms with Crippen LogP contribution in [0.25, 0.3) is 0 Å². The average molecular weight is 369 g/mol. The van der Waals surface area contributed by atoms with Crippen molar-refractivity contribution in [3.8, 4) is 0 Å². The van der Waals surface area contributed by atoms with E-state index in [4.69, 9.17) is 4.55 Å². The van der Waals surface area contributed by atoms with Gasteiger partial charge < -0.3 is 5.32 Å². The fourth-order valence-electron chi connectivity index (χ4n) is 0.975. The Morgan fingerprint density at radius 3 is 1.27 bits per heavy atom. The average Bonchev–Trinajstić information content (AvgIpc) is 2.42. The molecule has 13 heteroatoms. The molecule has 4 nitrogen and oxygen atoms in total. The Hall–Kier alpha value is -0.690. The summed E-state index contributed by atoms with van der Waals surface area (Å²) in [6.07, 6.45) is -23.4. The molecule has 0 aromatic rings. The molecule has 6 unspecified atom stereocenters. The number of nitrogens with one attached hydrogen (secondary N) is 1. The minimum absolute atomic E-state index is 1.88. The van der Waals surface area contributed by atoms with E-state index in [0.717, 1.165) is 0 Å². The molecule has 0 bridgehead atoms. The van der Waals surface area contributed by atoms with Crippen LogP contribution in [0.3, 0.4) is 0 Å². The fourth-order valence-corrected chi connectivity index (χ4v) is 1.45. The van der Waals surface area contributed by atoms with Crippen LogP contribution in [0.5, 0.6) is 0 Å². The highest BCUT2D eigenvalue weighted by atomic mass is 32.2. The van der Waals surface area contributed by atoms with Gasteiger partial charge in [0.1, 0.15) is 0 Å². The summed E-state index contributed by atoms with van der Waals surface area (Å²) in [5.74, 6) is 0. The van der Waals surface area contributed by atoms with E-state index in [1.54, 1.807) is 0 Å². The first-order valence-electron chi connectivity index (χ1n) is 5.50. The summed E-state index contributed by atoms with van der Waals surface area (Å²) >= 11 is 0. The van der Waals surface area contributed by atoms with E-state index in [9.17, 15) is 43.5 Å². The molecule has 0 aromatic carbocycles. The van der Waals surface area contributed by atoms with E-state index in [1.807, 2.05) is 14.1 Å². The summed E-state index contributed by atoms with van der Waals surface area (Å²) in [6, 6.07) is 0. The predicted molar refractivity (Wildman–Crippen MR) is 61.9 cm³/mol. The lowest BCUT2D eigenvalue weighted by atomic mass is 10.0. The van der Waals surface area contributed by atoms with Gasteiger partial charge in [-0.05, 0) is 14.1 Å². The van der Waals surface area contributed by atoms with Crippen molar-refractivity contribution in [2.75, 3.05) is 14.1 Å². The van der Waals surface area contributed by atoms with Gasteiger partial charge in [0.25, 0.3) is 11.9 Å². The van der Waals surface area contributed by atoms with Crippen molar-refractivity contribution in [1.82, 2.24) is 5.32 Å². The molecule has 6 atom stereocenters. The maximum atomic E-state index is 12.8. The number of alkyl halides is 8. The second kappa shape index (κ2) is 10.2. The molecule has 0 aliphatic rings. The van der Waals surface area contributed by atoms with Crippen LogP contribution in [0.4, 0.5) is 35.1 Å². The first-order chi connectivity index (χ1) is 9.82. The Morgan fingerprint density at radius 2 is 1.00 bits per heavy atom. The molecular formula is C9H15F8NO3S. The van der Waals surface area contributed by atoms with Crippen molar-refractivity contribution in [3.63, 3.8) is 0 Å². The van der Waals surface area contributed by atoms with Crippen LogP contribution in [0.1, 0.15) is 0 Å². The summed E-state index contributed by atoms with van der Waals surface area (Å²) < 4.78 is 127. The lowest BCUT2D eigenvalue weighted by Crippen LogP contribution is -2.46. The second-order valence-electron chi connectivity index (χ2n) is 3.92. The SMILES string of the molecule is CNC.O=S(=O)(O)C(F)C(F)C(F)C(F)C(F)C(F)C(F)F. The third kappa shape index (κ3) is 7.54. The van der Waals surface area contributed by atoms with E-state index < -0.39 is 52.9 Å². The lowest BCUT2D eigenvalue weighted by molar-refractivity contribution is -0.0550. The van der Waals surface area contributed by atoms with Gasteiger partial charge >= 0.3 is 10.1 Å². The Balaban J connectivity index is 0. The molecule has 0 saturated carbocycles. The Labute approximate surface area is 121 Å². The van der Waals surface area contributed by atoms with Gasteiger partial charge in [-0.25, -0.2) is 35.1 Å². The van der Waals surface area contributed by atoms with E-state index in [-0.39, 0.29) is 0 Å². The normalized spacial score (nSPS) is 20.4. The van der Waals surface area contributed by atoms with Crippen LogP contribution in [0, 0.1) is 0 Å². The fraction of sp³-hybridized carbons (Fsp3) is 1.00. The van der Waals surface area contributed by atoms with E-state index >= 15 is 0 Å². The van der Waals surface area contributed by atoms with E-state index in [2.05, 4.69) is 5.32 Å². The molecule has 0 spiro atoms. The van der Waals surface area contributed by atoms with Gasteiger partial charge in [0.15, 0.2) is 30.9 Å². The highest BCUT2D eigenvalue weighted by Crippen LogP contribution is 2.27. The molecule has 0 fully saturated rings. The van der Waals surface area contributed by atoms with Gasteiger partial charge in [0, 0.05) is 0 Å². The second-order valence-corrected chi connectivity index (χ2v) is 5.40. The summed E-state index contributed by atoms with van der Waals surface area (Å²) in [4.78, 5) is 0. The monoisotopic (exact) mass is 369 g/mol. The van der Waals surface area contributed by atoms with Gasteiger partial charge in [-0.1, -0.05) is 0 Å². The van der Waals surface area contributed by atoms with Gasteiger partial charge in [-0.2, -0.15) is 8.42 Å². The molecule has 0 aliphatic carbocycles. The van der Waals surface area contributed by atoms with Crippen LogP contribution >= 0.6 is 0 Å². The van der Waals surface area contributed by atoms with E-state index in [0.29, 0.717) is 0 Å². The predicted octanol–water partition coefficient (Wildman–Crippen LogP) is 1.96. The summed E-state index contributed by atoms with van der Waals surface area (Å²) in [5, 5.41) is 2.75. The zero-order valence-corrected chi connectivity index (χ0v) is 12.1. The topological polar surface area (TPSA) is 66.4 Å². The van der Waals surface area contributed by atoms with Crippen LogP contribution in [0.2, 0.25) is 0 Å². The molecule has 0 saturated heterocycles. The highest BCUT2D eigenvalue weighted by molar-refractivity contribution is 7.86. The summed E-state index contributed by atoms with van der Waals surface area (Å²) in [6.45, 7) is 0. The molecular weight excluding hydrogens is 354 g/mol. The van der Waals surface area contributed by atoms with Gasteiger partial charge in [0.2, 0.25) is 0 Å². The maximum absolute atomic E-state index is 12.8. The molecule has 0 aliphatic heterocycles. The molecule has 0 aromatic heterocycles. The minimum atomic E-state index is -5.76. The van der Waals surface area contributed by atoms with Gasteiger partial charge in [-0.3, -0.25) is 4.55 Å². The minimum Gasteiger partial charge on any atom is -0.323 e. The quantitative estimate of drug-likeness (QED) is 0.532. The molecule has 22 heavy (non-hydrogen) atoms. The van der Waals surface area contributed by atoms with Gasteiger partial charge in [-0.15, -0.1) is 0 Å². The van der Waals surface area contributed by atoms with Crippen molar-refractivity contribution in [3.05, 3.63) is 0 Å². The van der Waals surface area contributed by atoms with Crippen LogP contribution in [0.15, 0.2) is 0 Å². The number of hydrogen-bond acceptors (Lipinski definition) is 3. The first kappa shape index (κ1) is 23.6. The molecule has 136 valence electrons. The van der Waals surface area contributed by atoms with Crippen molar-refractivity contribution >= 4 is 10.1 Å². The number of halogens is 8. The van der Waals surface area contributed by atoms with E-state index in [1.165, 1.54) is 0 Å². The zero-order chi connectivity index (χ0) is 18.2. The maximum Gasteiger partial charge on any atom is 0.300 e. The largest absolute Gasteiger partial charge is 0.323 e. The molecule has 2 N–H and O–H groups in total.